The summed E-state index contributed by atoms with van der Waals surface area (Å²) in [5.41, 5.74) is 1.55. The molecule has 0 fully saturated rings. The fourth-order valence-electron chi connectivity index (χ4n) is 2.28. The number of aromatic nitrogens is 2. The minimum Gasteiger partial charge on any atom is -0.465 e. The van der Waals surface area contributed by atoms with Gasteiger partial charge in [-0.15, -0.1) is 11.3 Å². The molecule has 0 saturated carbocycles. The van der Waals surface area contributed by atoms with E-state index < -0.39 is 5.97 Å². The first-order chi connectivity index (χ1) is 11.0. The summed E-state index contributed by atoms with van der Waals surface area (Å²) >= 11 is 1.33. The predicted octanol–water partition coefficient (Wildman–Crippen LogP) is 2.98. The number of carbonyl (C=O) groups is 2. The minimum absolute atomic E-state index is 0.304. The number of anilines is 1. The molecule has 6 nitrogen and oxygen atoms in total. The molecule has 118 valence electrons. The lowest BCUT2D eigenvalue weighted by atomic mass is 10.1. The van der Waals surface area contributed by atoms with Gasteiger partial charge in [-0.3, -0.25) is 9.48 Å². The quantitative estimate of drug-likeness (QED) is 0.750. The van der Waals surface area contributed by atoms with Crippen LogP contribution in [0.25, 0.3) is 10.1 Å². The largest absolute Gasteiger partial charge is 0.465 e. The van der Waals surface area contributed by atoms with Crippen LogP contribution in [-0.2, 0) is 11.8 Å². The fourth-order valence-corrected chi connectivity index (χ4v) is 3.36. The summed E-state index contributed by atoms with van der Waals surface area (Å²) in [6.07, 6.45) is 0. The molecule has 23 heavy (non-hydrogen) atoms. The number of amides is 1. The van der Waals surface area contributed by atoms with Crippen molar-refractivity contribution < 1.29 is 14.3 Å². The Morgan fingerprint density at radius 2 is 2.04 bits per heavy atom. The van der Waals surface area contributed by atoms with Crippen molar-refractivity contribution in [2.75, 3.05) is 12.4 Å². The maximum Gasteiger partial charge on any atom is 0.341 e. The molecule has 3 rings (SSSR count). The lowest BCUT2D eigenvalue weighted by molar-refractivity contribution is 0.0604. The summed E-state index contributed by atoms with van der Waals surface area (Å²) in [4.78, 5) is 24.5. The number of hydrogen-bond acceptors (Lipinski definition) is 5. The zero-order valence-electron chi connectivity index (χ0n) is 12.9. The maximum atomic E-state index is 12.4. The van der Waals surface area contributed by atoms with E-state index in [9.17, 15) is 9.59 Å². The Morgan fingerprint density at radius 3 is 2.70 bits per heavy atom. The highest BCUT2D eigenvalue weighted by Crippen LogP contribution is 2.36. The molecule has 0 radical (unpaired) electrons. The van der Waals surface area contributed by atoms with E-state index in [-0.39, 0.29) is 5.91 Å². The first-order valence-electron chi connectivity index (χ1n) is 6.93. The maximum absolute atomic E-state index is 12.4. The number of methoxy groups -OCH3 is 1. The van der Waals surface area contributed by atoms with Crippen LogP contribution in [0.5, 0.6) is 0 Å². The van der Waals surface area contributed by atoms with Gasteiger partial charge < -0.3 is 10.1 Å². The van der Waals surface area contributed by atoms with Crippen molar-refractivity contribution in [2.45, 2.75) is 6.92 Å². The van der Waals surface area contributed by atoms with Crippen LogP contribution in [0.1, 0.15) is 26.5 Å². The van der Waals surface area contributed by atoms with Crippen LogP contribution < -0.4 is 5.32 Å². The van der Waals surface area contributed by atoms with Gasteiger partial charge in [0.2, 0.25) is 0 Å². The molecular weight excluding hydrogens is 314 g/mol. The molecule has 0 unspecified atom stereocenters. The van der Waals surface area contributed by atoms with E-state index >= 15 is 0 Å². The third-order valence-electron chi connectivity index (χ3n) is 3.56. The monoisotopic (exact) mass is 329 g/mol. The second-order valence-electron chi connectivity index (χ2n) is 5.04. The van der Waals surface area contributed by atoms with Gasteiger partial charge in [-0.2, -0.15) is 5.10 Å². The molecule has 2 heterocycles. The van der Waals surface area contributed by atoms with Crippen LogP contribution in [0.15, 0.2) is 30.3 Å². The first kappa shape index (κ1) is 15.2. The second-order valence-corrected chi connectivity index (χ2v) is 6.09. The van der Waals surface area contributed by atoms with Gasteiger partial charge in [0.15, 0.2) is 5.69 Å². The lowest BCUT2D eigenvalue weighted by Crippen LogP contribution is -2.14. The third-order valence-corrected chi connectivity index (χ3v) is 4.64. The van der Waals surface area contributed by atoms with E-state index in [0.717, 1.165) is 15.8 Å². The number of thiophene rings is 1. The number of nitrogens with one attached hydrogen (secondary N) is 1. The number of fused-ring (bicyclic) bond motifs is 1. The predicted molar refractivity (Wildman–Crippen MR) is 89.1 cm³/mol. The van der Waals surface area contributed by atoms with Crippen molar-refractivity contribution in [3.05, 3.63) is 47.3 Å². The van der Waals surface area contributed by atoms with E-state index in [1.165, 1.54) is 18.4 Å². The molecule has 1 N–H and O–H groups in total. The normalized spacial score (nSPS) is 10.7. The van der Waals surface area contributed by atoms with Gasteiger partial charge in [0, 0.05) is 22.8 Å². The molecule has 0 atom stereocenters. The highest BCUT2D eigenvalue weighted by molar-refractivity contribution is 7.23. The standard InChI is InChI=1S/C16H15N3O3S/c1-9-8-11(18-19(9)2)14(20)17-15-13(16(21)22-3)10-6-4-5-7-12(10)23-15/h4-8H,1-3H3,(H,17,20). The highest BCUT2D eigenvalue weighted by atomic mass is 32.1. The van der Waals surface area contributed by atoms with Crippen LogP contribution >= 0.6 is 11.3 Å². The molecule has 0 bridgehead atoms. The zero-order valence-corrected chi connectivity index (χ0v) is 13.7. The Bertz CT molecular complexity index is 891. The smallest absolute Gasteiger partial charge is 0.341 e. The van der Waals surface area contributed by atoms with Crippen molar-refractivity contribution in [3.8, 4) is 0 Å². The summed E-state index contributed by atoms with van der Waals surface area (Å²) in [5, 5.41) is 8.15. The minimum atomic E-state index is -0.477. The molecular formula is C16H15N3O3S. The molecule has 1 aromatic carbocycles. The third kappa shape index (κ3) is 2.70. The van der Waals surface area contributed by atoms with Crippen LogP contribution in [0.3, 0.4) is 0 Å². The molecule has 0 aliphatic carbocycles. The molecule has 0 spiro atoms. The Labute approximate surface area is 136 Å². The Kier molecular flexibility index (Phi) is 3.87. The number of aryl methyl sites for hydroxylation is 2. The first-order valence-corrected chi connectivity index (χ1v) is 7.74. The number of carbonyl (C=O) groups excluding carboxylic acids is 2. The summed E-state index contributed by atoms with van der Waals surface area (Å²) in [6, 6.07) is 9.15. The summed E-state index contributed by atoms with van der Waals surface area (Å²) < 4.78 is 7.38. The summed E-state index contributed by atoms with van der Waals surface area (Å²) in [7, 11) is 3.09. The van der Waals surface area contributed by atoms with E-state index in [1.54, 1.807) is 17.8 Å². The Morgan fingerprint density at radius 1 is 1.30 bits per heavy atom. The molecule has 0 aliphatic rings. The highest BCUT2D eigenvalue weighted by Gasteiger charge is 2.22. The number of nitrogens with zero attached hydrogens (tertiary/aromatic N) is 2. The van der Waals surface area contributed by atoms with Crippen molar-refractivity contribution in [1.82, 2.24) is 9.78 Å². The van der Waals surface area contributed by atoms with Gasteiger partial charge in [0.25, 0.3) is 5.91 Å². The van der Waals surface area contributed by atoms with Gasteiger partial charge in [-0.1, -0.05) is 18.2 Å². The van der Waals surface area contributed by atoms with Gasteiger partial charge in [-0.05, 0) is 19.1 Å². The average molecular weight is 329 g/mol. The van der Waals surface area contributed by atoms with Crippen molar-refractivity contribution in [1.29, 1.82) is 0 Å². The molecule has 1 amide bonds. The van der Waals surface area contributed by atoms with Crippen LogP contribution in [-0.4, -0.2) is 28.8 Å². The number of benzene rings is 1. The topological polar surface area (TPSA) is 73.2 Å². The fraction of sp³-hybridized carbons (Fsp3) is 0.188. The Balaban J connectivity index is 2.02. The van der Waals surface area contributed by atoms with E-state index in [0.29, 0.717) is 16.3 Å². The van der Waals surface area contributed by atoms with Gasteiger partial charge >= 0.3 is 5.97 Å². The van der Waals surface area contributed by atoms with E-state index in [2.05, 4.69) is 10.4 Å². The van der Waals surface area contributed by atoms with Crippen molar-refractivity contribution >= 4 is 38.3 Å². The summed E-state index contributed by atoms with van der Waals surface area (Å²) in [5.74, 6) is -0.833. The van der Waals surface area contributed by atoms with Crippen molar-refractivity contribution in [3.63, 3.8) is 0 Å². The second kappa shape index (κ2) is 5.85. The SMILES string of the molecule is COC(=O)c1c(NC(=O)c2cc(C)n(C)n2)sc2ccccc12. The van der Waals surface area contributed by atoms with Crippen LogP contribution in [0, 0.1) is 6.92 Å². The summed E-state index contributed by atoms with van der Waals surface area (Å²) in [6.45, 7) is 1.86. The van der Waals surface area contributed by atoms with Crippen LogP contribution in [0.4, 0.5) is 5.00 Å². The van der Waals surface area contributed by atoms with Gasteiger partial charge in [0.1, 0.15) is 10.6 Å². The molecule has 3 aromatic rings. The average Bonchev–Trinajstić information content (AvgIpc) is 3.07. The van der Waals surface area contributed by atoms with Gasteiger partial charge in [0.05, 0.1) is 7.11 Å². The molecule has 0 aliphatic heterocycles. The number of rotatable bonds is 3. The van der Waals surface area contributed by atoms with Crippen LogP contribution in [0.2, 0.25) is 0 Å². The Hall–Kier alpha value is -2.67. The zero-order chi connectivity index (χ0) is 16.6. The number of ether oxygens (including phenoxy) is 1. The van der Waals surface area contributed by atoms with Crippen molar-refractivity contribution in [2.24, 2.45) is 7.05 Å². The molecule has 2 aromatic heterocycles. The number of hydrogen-bond donors (Lipinski definition) is 1. The van der Waals surface area contributed by atoms with E-state index in [4.69, 9.17) is 4.74 Å². The van der Waals surface area contributed by atoms with Gasteiger partial charge in [-0.25, -0.2) is 4.79 Å². The molecule has 7 heteroatoms. The lowest BCUT2D eigenvalue weighted by Gasteiger charge is -2.04. The number of esters is 1. The van der Waals surface area contributed by atoms with E-state index in [1.807, 2.05) is 31.2 Å². The molecule has 0 saturated heterocycles.